The number of nitrogens with one attached hydrogen (secondary N) is 1. The summed E-state index contributed by atoms with van der Waals surface area (Å²) in [6, 6.07) is 4.55. The van der Waals surface area contributed by atoms with Crippen LogP contribution in [0.4, 0.5) is 5.69 Å². The number of hydrogen-bond donors (Lipinski definition) is 4. The fourth-order valence-electron chi connectivity index (χ4n) is 1.10. The maximum absolute atomic E-state index is 11.6. The molecular weight excluding hydrogens is 232 g/mol. The average molecular weight is 245 g/mol. The van der Waals surface area contributed by atoms with E-state index in [9.17, 15) is 4.79 Å². The molecule has 0 saturated heterocycles. The highest BCUT2D eigenvalue weighted by molar-refractivity contribution is 6.31. The van der Waals surface area contributed by atoms with Crippen molar-refractivity contribution in [1.82, 2.24) is 5.32 Å². The molecule has 0 aromatic heterocycles. The molecule has 1 rings (SSSR count). The summed E-state index contributed by atoms with van der Waals surface area (Å²) in [6.45, 7) is -0.452. The molecule has 1 atom stereocenters. The van der Waals surface area contributed by atoms with Crippen LogP contribution < -0.4 is 11.1 Å². The summed E-state index contributed by atoms with van der Waals surface area (Å²) in [5.74, 6) is -0.437. The van der Waals surface area contributed by atoms with Gasteiger partial charge in [0.1, 0.15) is 0 Å². The van der Waals surface area contributed by atoms with Gasteiger partial charge in [0.15, 0.2) is 0 Å². The summed E-state index contributed by atoms with van der Waals surface area (Å²) in [6.07, 6.45) is -0.982. The Kier molecular flexibility index (Phi) is 4.54. The molecular formula is C10H13ClN2O3. The third kappa shape index (κ3) is 3.37. The Morgan fingerprint density at radius 3 is 2.88 bits per heavy atom. The quantitative estimate of drug-likeness (QED) is 0.561. The highest BCUT2D eigenvalue weighted by atomic mass is 35.5. The molecule has 0 bridgehead atoms. The van der Waals surface area contributed by atoms with E-state index in [1.807, 2.05) is 0 Å². The molecule has 1 unspecified atom stereocenters. The molecule has 5 N–H and O–H groups in total. The number of nitrogens with two attached hydrogens (primary N) is 1. The first-order valence-corrected chi connectivity index (χ1v) is 5.04. The number of hydrogen-bond acceptors (Lipinski definition) is 4. The third-order valence-corrected chi connectivity index (χ3v) is 2.20. The van der Waals surface area contributed by atoms with Gasteiger partial charge in [0, 0.05) is 17.3 Å². The number of aliphatic hydroxyl groups is 2. The Bertz CT molecular complexity index is 384. The first kappa shape index (κ1) is 12.8. The van der Waals surface area contributed by atoms with Crippen LogP contribution >= 0.6 is 11.6 Å². The molecule has 0 saturated carbocycles. The summed E-state index contributed by atoms with van der Waals surface area (Å²) in [5.41, 5.74) is 6.15. The van der Waals surface area contributed by atoms with Gasteiger partial charge in [-0.05, 0) is 18.2 Å². The van der Waals surface area contributed by atoms with Gasteiger partial charge < -0.3 is 21.3 Å². The third-order valence-electron chi connectivity index (χ3n) is 1.97. The second-order valence-corrected chi connectivity index (χ2v) is 3.71. The highest BCUT2D eigenvalue weighted by Gasteiger charge is 2.11. The van der Waals surface area contributed by atoms with Crippen molar-refractivity contribution in [2.45, 2.75) is 6.10 Å². The lowest BCUT2D eigenvalue weighted by atomic mass is 10.1. The fourth-order valence-corrected chi connectivity index (χ4v) is 1.27. The van der Waals surface area contributed by atoms with E-state index in [2.05, 4.69) is 5.32 Å². The second kappa shape index (κ2) is 5.69. The lowest BCUT2D eigenvalue weighted by Crippen LogP contribution is -2.34. The van der Waals surface area contributed by atoms with E-state index in [1.165, 1.54) is 12.1 Å². The van der Waals surface area contributed by atoms with Gasteiger partial charge >= 0.3 is 0 Å². The minimum atomic E-state index is -0.982. The Hall–Kier alpha value is -1.30. The molecule has 0 heterocycles. The van der Waals surface area contributed by atoms with E-state index in [0.29, 0.717) is 10.7 Å². The first-order chi connectivity index (χ1) is 7.54. The van der Waals surface area contributed by atoms with Gasteiger partial charge in [0.25, 0.3) is 5.91 Å². The van der Waals surface area contributed by atoms with E-state index in [-0.39, 0.29) is 12.1 Å². The van der Waals surface area contributed by atoms with Crippen LogP contribution in [0.1, 0.15) is 10.4 Å². The maximum Gasteiger partial charge on any atom is 0.253 e. The number of amides is 1. The smallest absolute Gasteiger partial charge is 0.253 e. The number of halogens is 1. The molecule has 0 spiro atoms. The van der Waals surface area contributed by atoms with Crippen LogP contribution in [-0.4, -0.2) is 35.4 Å². The molecule has 0 aliphatic heterocycles. The lowest BCUT2D eigenvalue weighted by Gasteiger charge is -2.10. The molecule has 1 amide bonds. The van der Waals surface area contributed by atoms with E-state index in [0.717, 1.165) is 0 Å². The van der Waals surface area contributed by atoms with Crippen LogP contribution in [-0.2, 0) is 0 Å². The predicted molar refractivity (Wildman–Crippen MR) is 61.3 cm³/mol. The minimum absolute atomic E-state index is 0.0404. The van der Waals surface area contributed by atoms with Crippen molar-refractivity contribution in [1.29, 1.82) is 0 Å². The molecule has 16 heavy (non-hydrogen) atoms. The molecule has 0 radical (unpaired) electrons. The lowest BCUT2D eigenvalue weighted by molar-refractivity contribution is 0.0802. The molecule has 5 nitrogen and oxygen atoms in total. The van der Waals surface area contributed by atoms with E-state index in [1.54, 1.807) is 6.07 Å². The van der Waals surface area contributed by atoms with Gasteiger partial charge in [-0.2, -0.15) is 0 Å². The van der Waals surface area contributed by atoms with Gasteiger partial charge in [-0.25, -0.2) is 0 Å². The SMILES string of the molecule is Nc1ccc(Cl)cc1C(=O)NCC(O)CO. The molecule has 6 heteroatoms. The Labute approximate surface area is 97.8 Å². The van der Waals surface area contributed by atoms with Crippen LogP contribution in [0, 0.1) is 0 Å². The monoisotopic (exact) mass is 244 g/mol. The van der Waals surface area contributed by atoms with Crippen molar-refractivity contribution in [2.75, 3.05) is 18.9 Å². The van der Waals surface area contributed by atoms with Crippen molar-refractivity contribution in [3.05, 3.63) is 28.8 Å². The Balaban J connectivity index is 2.69. The topological polar surface area (TPSA) is 95.6 Å². The van der Waals surface area contributed by atoms with Gasteiger partial charge in [-0.1, -0.05) is 11.6 Å². The summed E-state index contributed by atoms with van der Waals surface area (Å²) in [5, 5.41) is 20.5. The Morgan fingerprint density at radius 1 is 1.56 bits per heavy atom. The van der Waals surface area contributed by atoms with Crippen LogP contribution in [0.25, 0.3) is 0 Å². The fraction of sp³-hybridized carbons (Fsp3) is 0.300. The molecule has 1 aromatic carbocycles. The van der Waals surface area contributed by atoms with E-state index < -0.39 is 18.6 Å². The zero-order valence-electron chi connectivity index (χ0n) is 8.48. The number of carbonyl (C=O) groups is 1. The molecule has 88 valence electrons. The van der Waals surface area contributed by atoms with Crippen molar-refractivity contribution in [2.24, 2.45) is 0 Å². The zero-order valence-corrected chi connectivity index (χ0v) is 9.24. The van der Waals surface area contributed by atoms with Gasteiger partial charge in [-0.15, -0.1) is 0 Å². The normalized spacial score (nSPS) is 12.2. The zero-order chi connectivity index (χ0) is 12.1. The van der Waals surface area contributed by atoms with Crippen molar-refractivity contribution in [3.8, 4) is 0 Å². The molecule has 0 fully saturated rings. The molecule has 0 aliphatic carbocycles. The largest absolute Gasteiger partial charge is 0.398 e. The van der Waals surface area contributed by atoms with E-state index >= 15 is 0 Å². The predicted octanol–water partition coefficient (Wildman–Crippen LogP) is 0.00520. The first-order valence-electron chi connectivity index (χ1n) is 4.66. The average Bonchev–Trinajstić information content (AvgIpc) is 2.28. The molecule has 1 aromatic rings. The summed E-state index contributed by atoms with van der Waals surface area (Å²) < 4.78 is 0. The molecule has 0 aliphatic rings. The van der Waals surface area contributed by atoms with Gasteiger partial charge in [0.05, 0.1) is 18.3 Å². The number of aliphatic hydroxyl groups excluding tert-OH is 2. The minimum Gasteiger partial charge on any atom is -0.398 e. The standard InChI is InChI=1S/C10H13ClN2O3/c11-6-1-2-9(12)8(3-6)10(16)13-4-7(15)5-14/h1-3,7,14-15H,4-5,12H2,(H,13,16). The van der Waals surface area contributed by atoms with E-state index in [4.69, 9.17) is 27.5 Å². The number of rotatable bonds is 4. The van der Waals surface area contributed by atoms with Crippen molar-refractivity contribution >= 4 is 23.2 Å². The van der Waals surface area contributed by atoms with Crippen LogP contribution in [0.3, 0.4) is 0 Å². The number of anilines is 1. The van der Waals surface area contributed by atoms with Crippen LogP contribution in [0.2, 0.25) is 5.02 Å². The summed E-state index contributed by atoms with van der Waals surface area (Å²) >= 11 is 5.73. The maximum atomic E-state index is 11.6. The van der Waals surface area contributed by atoms with Crippen molar-refractivity contribution in [3.63, 3.8) is 0 Å². The van der Waals surface area contributed by atoms with Crippen LogP contribution in [0.5, 0.6) is 0 Å². The number of benzene rings is 1. The Morgan fingerprint density at radius 2 is 2.25 bits per heavy atom. The van der Waals surface area contributed by atoms with Crippen LogP contribution in [0.15, 0.2) is 18.2 Å². The van der Waals surface area contributed by atoms with Crippen molar-refractivity contribution < 1.29 is 15.0 Å². The van der Waals surface area contributed by atoms with Gasteiger partial charge in [-0.3, -0.25) is 4.79 Å². The second-order valence-electron chi connectivity index (χ2n) is 3.28. The summed E-state index contributed by atoms with van der Waals surface area (Å²) in [7, 11) is 0. The van der Waals surface area contributed by atoms with Gasteiger partial charge in [0.2, 0.25) is 0 Å². The summed E-state index contributed by atoms with van der Waals surface area (Å²) in [4.78, 5) is 11.6. The number of carbonyl (C=O) groups excluding carboxylic acids is 1. The number of nitrogen functional groups attached to an aromatic ring is 1. The highest BCUT2D eigenvalue weighted by Crippen LogP contribution is 2.17.